The summed E-state index contributed by atoms with van der Waals surface area (Å²) in [5.74, 6) is -0.523. The number of carbonyl (C=O) groups is 2. The molecule has 1 aromatic rings. The Balaban J connectivity index is 2.86. The number of benzene rings is 1. The number of ether oxygens (including phenoxy) is 1. The molecule has 4 nitrogen and oxygen atoms in total. The maximum absolute atomic E-state index is 11.3. The van der Waals surface area contributed by atoms with E-state index in [9.17, 15) is 9.59 Å². The highest BCUT2D eigenvalue weighted by Crippen LogP contribution is 2.09. The molecule has 0 unspecified atom stereocenters. The van der Waals surface area contributed by atoms with E-state index >= 15 is 0 Å². The van der Waals surface area contributed by atoms with Gasteiger partial charge in [0, 0.05) is 13.5 Å². The van der Waals surface area contributed by atoms with Crippen LogP contribution in [0, 0.1) is 0 Å². The topological polar surface area (TPSA) is 55.4 Å². The first kappa shape index (κ1) is 11.2. The van der Waals surface area contributed by atoms with Crippen LogP contribution in [0.4, 0.5) is 0 Å². The molecule has 0 aliphatic heterocycles. The van der Waals surface area contributed by atoms with E-state index < -0.39 is 5.97 Å². The average molecular weight is 207 g/mol. The van der Waals surface area contributed by atoms with Crippen molar-refractivity contribution >= 4 is 11.9 Å². The number of rotatable bonds is 3. The summed E-state index contributed by atoms with van der Waals surface area (Å²) in [6, 6.07) is 7.01. The van der Waals surface area contributed by atoms with E-state index in [0.29, 0.717) is 12.1 Å². The molecule has 0 fully saturated rings. The van der Waals surface area contributed by atoms with Crippen molar-refractivity contribution in [3.8, 4) is 0 Å². The Kier molecular flexibility index (Phi) is 3.85. The SMILES string of the molecule is COC(=O)c1ccccc1CNC(C)=O. The fraction of sp³-hybridized carbons (Fsp3) is 0.273. The number of amides is 1. The Labute approximate surface area is 88.2 Å². The zero-order chi connectivity index (χ0) is 11.3. The predicted molar refractivity (Wildman–Crippen MR) is 55.3 cm³/mol. The van der Waals surface area contributed by atoms with E-state index in [0.717, 1.165) is 5.56 Å². The fourth-order valence-electron chi connectivity index (χ4n) is 1.20. The number of carbonyl (C=O) groups excluding carboxylic acids is 2. The summed E-state index contributed by atoms with van der Waals surface area (Å²) in [4.78, 5) is 22.1. The summed E-state index contributed by atoms with van der Waals surface area (Å²) in [5, 5.41) is 2.63. The summed E-state index contributed by atoms with van der Waals surface area (Å²) < 4.78 is 4.63. The van der Waals surface area contributed by atoms with Crippen molar-refractivity contribution in [3.63, 3.8) is 0 Å². The van der Waals surface area contributed by atoms with E-state index in [-0.39, 0.29) is 5.91 Å². The van der Waals surface area contributed by atoms with Gasteiger partial charge < -0.3 is 10.1 Å². The summed E-state index contributed by atoms with van der Waals surface area (Å²) in [5.41, 5.74) is 1.23. The Hall–Kier alpha value is -1.84. The van der Waals surface area contributed by atoms with E-state index in [2.05, 4.69) is 10.1 Å². The molecule has 0 radical (unpaired) electrons. The van der Waals surface area contributed by atoms with Crippen LogP contribution in [-0.2, 0) is 16.1 Å². The van der Waals surface area contributed by atoms with Crippen molar-refractivity contribution in [2.24, 2.45) is 0 Å². The van der Waals surface area contributed by atoms with Crippen LogP contribution in [0.5, 0.6) is 0 Å². The molecule has 0 spiro atoms. The van der Waals surface area contributed by atoms with Gasteiger partial charge in [-0.1, -0.05) is 18.2 Å². The summed E-state index contributed by atoms with van der Waals surface area (Å²) in [7, 11) is 1.33. The first-order valence-electron chi connectivity index (χ1n) is 4.56. The monoisotopic (exact) mass is 207 g/mol. The molecule has 1 rings (SSSR count). The highest BCUT2D eigenvalue weighted by atomic mass is 16.5. The lowest BCUT2D eigenvalue weighted by atomic mass is 10.1. The van der Waals surface area contributed by atoms with Crippen LogP contribution in [0.2, 0.25) is 0 Å². The lowest BCUT2D eigenvalue weighted by molar-refractivity contribution is -0.119. The van der Waals surface area contributed by atoms with Crippen LogP contribution < -0.4 is 5.32 Å². The molecule has 4 heteroatoms. The summed E-state index contributed by atoms with van der Waals surface area (Å²) >= 11 is 0. The van der Waals surface area contributed by atoms with Crippen LogP contribution in [0.3, 0.4) is 0 Å². The number of esters is 1. The van der Waals surface area contributed by atoms with Gasteiger partial charge in [-0.3, -0.25) is 4.79 Å². The smallest absolute Gasteiger partial charge is 0.338 e. The first-order chi connectivity index (χ1) is 7.15. The second-order valence-electron chi connectivity index (χ2n) is 3.06. The first-order valence-corrected chi connectivity index (χ1v) is 4.56. The third-order valence-electron chi connectivity index (χ3n) is 1.95. The minimum Gasteiger partial charge on any atom is -0.465 e. The van der Waals surface area contributed by atoms with Gasteiger partial charge >= 0.3 is 5.97 Å². The van der Waals surface area contributed by atoms with Crippen LogP contribution in [0.25, 0.3) is 0 Å². The van der Waals surface area contributed by atoms with Crippen molar-refractivity contribution < 1.29 is 14.3 Å². The zero-order valence-electron chi connectivity index (χ0n) is 8.74. The van der Waals surface area contributed by atoms with Crippen molar-refractivity contribution in [1.82, 2.24) is 5.32 Å². The molecule has 0 saturated carbocycles. The van der Waals surface area contributed by atoms with Gasteiger partial charge in [0.2, 0.25) is 5.91 Å². The van der Waals surface area contributed by atoms with Gasteiger partial charge in [0.1, 0.15) is 0 Å². The fourth-order valence-corrected chi connectivity index (χ4v) is 1.20. The molecule has 1 aromatic carbocycles. The molecule has 0 atom stereocenters. The molecule has 1 N–H and O–H groups in total. The Morgan fingerprint density at radius 1 is 1.33 bits per heavy atom. The standard InChI is InChI=1S/C11H13NO3/c1-8(13)12-7-9-5-3-4-6-10(9)11(14)15-2/h3-6H,7H2,1-2H3,(H,12,13). The minimum atomic E-state index is -0.393. The Morgan fingerprint density at radius 3 is 2.60 bits per heavy atom. The van der Waals surface area contributed by atoms with E-state index in [1.807, 2.05) is 6.07 Å². The van der Waals surface area contributed by atoms with E-state index in [1.54, 1.807) is 18.2 Å². The summed E-state index contributed by atoms with van der Waals surface area (Å²) in [6.07, 6.45) is 0. The Bertz CT molecular complexity index is 374. The molecule has 0 bridgehead atoms. The number of hydrogen-bond acceptors (Lipinski definition) is 3. The third kappa shape index (κ3) is 3.09. The van der Waals surface area contributed by atoms with Crippen molar-refractivity contribution in [1.29, 1.82) is 0 Å². The number of methoxy groups -OCH3 is 1. The lowest BCUT2D eigenvalue weighted by Crippen LogP contribution is -2.20. The molecule has 0 aliphatic rings. The molecule has 0 saturated heterocycles. The van der Waals surface area contributed by atoms with Gasteiger partial charge in [-0.25, -0.2) is 4.79 Å². The van der Waals surface area contributed by atoms with Crippen LogP contribution in [0.15, 0.2) is 24.3 Å². The van der Waals surface area contributed by atoms with Crippen molar-refractivity contribution in [3.05, 3.63) is 35.4 Å². The highest BCUT2D eigenvalue weighted by Gasteiger charge is 2.10. The average Bonchev–Trinajstić information content (AvgIpc) is 2.25. The highest BCUT2D eigenvalue weighted by molar-refractivity contribution is 5.91. The molecular formula is C11H13NO3. The van der Waals surface area contributed by atoms with Gasteiger partial charge in [-0.2, -0.15) is 0 Å². The number of hydrogen-bond donors (Lipinski definition) is 1. The maximum atomic E-state index is 11.3. The van der Waals surface area contributed by atoms with Gasteiger partial charge in [0.05, 0.1) is 12.7 Å². The van der Waals surface area contributed by atoms with Crippen molar-refractivity contribution in [2.75, 3.05) is 7.11 Å². The molecule has 0 aliphatic carbocycles. The van der Waals surface area contributed by atoms with Gasteiger partial charge in [0.15, 0.2) is 0 Å². The molecule has 0 aromatic heterocycles. The molecule has 15 heavy (non-hydrogen) atoms. The van der Waals surface area contributed by atoms with E-state index in [1.165, 1.54) is 14.0 Å². The van der Waals surface area contributed by atoms with E-state index in [4.69, 9.17) is 0 Å². The third-order valence-corrected chi connectivity index (χ3v) is 1.95. The quantitative estimate of drug-likeness (QED) is 0.755. The largest absolute Gasteiger partial charge is 0.465 e. The molecule has 0 heterocycles. The second-order valence-corrected chi connectivity index (χ2v) is 3.06. The molecule has 80 valence electrons. The van der Waals surface area contributed by atoms with Gasteiger partial charge in [-0.15, -0.1) is 0 Å². The lowest BCUT2D eigenvalue weighted by Gasteiger charge is -2.07. The normalized spacial score (nSPS) is 9.47. The number of nitrogens with one attached hydrogen (secondary N) is 1. The zero-order valence-corrected chi connectivity index (χ0v) is 8.74. The minimum absolute atomic E-state index is 0.130. The van der Waals surface area contributed by atoms with Crippen LogP contribution in [-0.4, -0.2) is 19.0 Å². The van der Waals surface area contributed by atoms with Gasteiger partial charge in [-0.05, 0) is 11.6 Å². The Morgan fingerprint density at radius 2 is 2.00 bits per heavy atom. The van der Waals surface area contributed by atoms with Crippen LogP contribution in [0.1, 0.15) is 22.8 Å². The second kappa shape index (κ2) is 5.14. The van der Waals surface area contributed by atoms with Gasteiger partial charge in [0.25, 0.3) is 0 Å². The summed E-state index contributed by atoms with van der Waals surface area (Å²) in [6.45, 7) is 1.77. The van der Waals surface area contributed by atoms with Crippen molar-refractivity contribution in [2.45, 2.75) is 13.5 Å². The van der Waals surface area contributed by atoms with Crippen LogP contribution >= 0.6 is 0 Å². The maximum Gasteiger partial charge on any atom is 0.338 e. The molecule has 1 amide bonds. The predicted octanol–water partition coefficient (Wildman–Crippen LogP) is 1.11. The molecular weight excluding hydrogens is 194 g/mol.